The molecule has 0 saturated carbocycles. The van der Waals surface area contributed by atoms with Crippen molar-refractivity contribution in [3.63, 3.8) is 0 Å². The Morgan fingerprint density at radius 1 is 1.03 bits per heavy atom. The Hall–Kier alpha value is -2.23. The first-order valence-corrected chi connectivity index (χ1v) is 12.1. The standard InChI is InChI=1S/C24H24BrCl2N3O4.ClH/c1-2-33-23-12-16(14-28-9-10-29-19-5-7-20(8-6-19)30(31)32)11-21(25)24(23)34-15-17-3-4-18(26)13-22(17)27;/h3-8,11-13,28-29H,2,9-10,14-15H2,1H3;1H. The fourth-order valence-electron chi connectivity index (χ4n) is 3.14. The minimum atomic E-state index is -0.414. The number of non-ortho nitro benzene ring substituents is 1. The maximum absolute atomic E-state index is 10.7. The maximum atomic E-state index is 10.7. The van der Waals surface area contributed by atoms with E-state index in [0.29, 0.717) is 47.8 Å². The number of nitro groups is 1. The van der Waals surface area contributed by atoms with Gasteiger partial charge in [-0.1, -0.05) is 29.3 Å². The number of rotatable bonds is 12. The van der Waals surface area contributed by atoms with Crippen molar-refractivity contribution in [3.05, 3.63) is 90.4 Å². The zero-order valence-electron chi connectivity index (χ0n) is 18.9. The lowest BCUT2D eigenvalue weighted by atomic mass is 10.2. The van der Waals surface area contributed by atoms with Gasteiger partial charge in [0.15, 0.2) is 11.5 Å². The van der Waals surface area contributed by atoms with E-state index in [2.05, 4.69) is 26.6 Å². The lowest BCUT2D eigenvalue weighted by molar-refractivity contribution is -0.384. The molecular formula is C24H25BrCl3N3O4. The summed E-state index contributed by atoms with van der Waals surface area (Å²) in [5.41, 5.74) is 2.76. The molecule has 0 aromatic heterocycles. The van der Waals surface area contributed by atoms with Crippen molar-refractivity contribution in [3.8, 4) is 11.5 Å². The van der Waals surface area contributed by atoms with Crippen LogP contribution in [0.25, 0.3) is 0 Å². The van der Waals surface area contributed by atoms with Gasteiger partial charge in [-0.3, -0.25) is 10.1 Å². The summed E-state index contributed by atoms with van der Waals surface area (Å²) >= 11 is 15.8. The highest BCUT2D eigenvalue weighted by atomic mass is 79.9. The average molecular weight is 606 g/mol. The van der Waals surface area contributed by atoms with E-state index in [4.69, 9.17) is 32.7 Å². The second kappa shape index (κ2) is 14.4. The van der Waals surface area contributed by atoms with Gasteiger partial charge in [0.05, 0.1) is 16.0 Å². The van der Waals surface area contributed by atoms with Gasteiger partial charge in [-0.25, -0.2) is 0 Å². The summed E-state index contributed by atoms with van der Waals surface area (Å²) in [6.07, 6.45) is 0. The van der Waals surface area contributed by atoms with Crippen LogP contribution >= 0.6 is 51.5 Å². The molecule has 0 atom stereocenters. The molecule has 0 heterocycles. The number of halogens is 4. The molecule has 0 aliphatic carbocycles. The Morgan fingerprint density at radius 3 is 2.43 bits per heavy atom. The van der Waals surface area contributed by atoms with Gasteiger partial charge >= 0.3 is 0 Å². The van der Waals surface area contributed by atoms with E-state index in [-0.39, 0.29) is 24.7 Å². The molecule has 0 saturated heterocycles. The van der Waals surface area contributed by atoms with E-state index in [9.17, 15) is 10.1 Å². The van der Waals surface area contributed by atoms with E-state index < -0.39 is 4.92 Å². The van der Waals surface area contributed by atoms with E-state index >= 15 is 0 Å². The van der Waals surface area contributed by atoms with Gasteiger partial charge in [0.25, 0.3) is 5.69 Å². The van der Waals surface area contributed by atoms with Crippen LogP contribution in [0.2, 0.25) is 10.0 Å². The smallest absolute Gasteiger partial charge is 0.269 e. The largest absolute Gasteiger partial charge is 0.490 e. The Kier molecular flexibility index (Phi) is 11.9. The van der Waals surface area contributed by atoms with E-state index in [1.807, 2.05) is 25.1 Å². The number of ether oxygens (including phenoxy) is 2. The van der Waals surface area contributed by atoms with Gasteiger partial charge < -0.3 is 20.1 Å². The highest BCUT2D eigenvalue weighted by Crippen LogP contribution is 2.38. The van der Waals surface area contributed by atoms with Crippen molar-refractivity contribution >= 4 is 62.9 Å². The van der Waals surface area contributed by atoms with Gasteiger partial charge in [0, 0.05) is 53.1 Å². The summed E-state index contributed by atoms with van der Waals surface area (Å²) in [5.74, 6) is 1.25. The molecule has 0 spiro atoms. The molecule has 0 unspecified atom stereocenters. The predicted molar refractivity (Wildman–Crippen MR) is 147 cm³/mol. The molecule has 35 heavy (non-hydrogen) atoms. The number of hydrogen-bond acceptors (Lipinski definition) is 6. The molecule has 188 valence electrons. The normalized spacial score (nSPS) is 10.4. The summed E-state index contributed by atoms with van der Waals surface area (Å²) in [7, 11) is 0. The molecule has 11 heteroatoms. The van der Waals surface area contributed by atoms with Gasteiger partial charge in [-0.05, 0) is 64.8 Å². The van der Waals surface area contributed by atoms with Crippen molar-refractivity contribution in [2.24, 2.45) is 0 Å². The Morgan fingerprint density at radius 2 is 1.77 bits per heavy atom. The van der Waals surface area contributed by atoms with E-state index in [1.165, 1.54) is 12.1 Å². The van der Waals surface area contributed by atoms with Crippen LogP contribution in [-0.2, 0) is 13.2 Å². The number of hydrogen-bond donors (Lipinski definition) is 2. The highest BCUT2D eigenvalue weighted by Gasteiger charge is 2.14. The number of nitrogens with one attached hydrogen (secondary N) is 2. The zero-order valence-corrected chi connectivity index (χ0v) is 22.8. The van der Waals surface area contributed by atoms with Gasteiger partial charge in [-0.2, -0.15) is 0 Å². The van der Waals surface area contributed by atoms with E-state index in [0.717, 1.165) is 21.3 Å². The Labute approximate surface area is 228 Å². The number of nitrogens with zero attached hydrogens (tertiary/aromatic N) is 1. The minimum absolute atomic E-state index is 0. The highest BCUT2D eigenvalue weighted by molar-refractivity contribution is 9.10. The maximum Gasteiger partial charge on any atom is 0.269 e. The van der Waals surface area contributed by atoms with E-state index in [1.54, 1.807) is 24.3 Å². The molecule has 3 aromatic rings. The fraction of sp³-hybridized carbons (Fsp3) is 0.250. The number of nitro benzene ring substituents is 1. The summed E-state index contributed by atoms with van der Waals surface area (Å²) in [4.78, 5) is 10.3. The third-order valence-electron chi connectivity index (χ3n) is 4.79. The van der Waals surface area contributed by atoms with Crippen molar-refractivity contribution in [2.75, 3.05) is 25.0 Å². The first-order chi connectivity index (χ1) is 16.4. The van der Waals surface area contributed by atoms with Crippen LogP contribution in [0, 0.1) is 10.1 Å². The predicted octanol–water partition coefficient (Wildman–Crippen LogP) is 7.27. The molecule has 0 bridgehead atoms. The van der Waals surface area contributed by atoms with Crippen LogP contribution in [0.3, 0.4) is 0 Å². The van der Waals surface area contributed by atoms with Crippen molar-refractivity contribution < 1.29 is 14.4 Å². The minimum Gasteiger partial charge on any atom is -0.490 e. The summed E-state index contributed by atoms with van der Waals surface area (Å²) < 4.78 is 12.6. The molecular weight excluding hydrogens is 581 g/mol. The number of benzene rings is 3. The Bertz CT molecular complexity index is 1130. The molecule has 3 aromatic carbocycles. The SMILES string of the molecule is CCOc1cc(CNCCNc2ccc([N+](=O)[O-])cc2)cc(Br)c1OCc1ccc(Cl)cc1Cl.Cl. The molecule has 0 radical (unpaired) electrons. The average Bonchev–Trinajstić information content (AvgIpc) is 2.80. The lowest BCUT2D eigenvalue weighted by Crippen LogP contribution is -2.21. The van der Waals surface area contributed by atoms with Crippen molar-refractivity contribution in [2.45, 2.75) is 20.1 Å². The molecule has 7 nitrogen and oxygen atoms in total. The van der Waals surface area contributed by atoms with Crippen LogP contribution in [0.4, 0.5) is 11.4 Å². The molecule has 0 aliphatic rings. The summed E-state index contributed by atoms with van der Waals surface area (Å²) in [6.45, 7) is 4.69. The topological polar surface area (TPSA) is 85.7 Å². The first-order valence-electron chi connectivity index (χ1n) is 10.6. The summed E-state index contributed by atoms with van der Waals surface area (Å²) in [6, 6.07) is 15.6. The van der Waals surface area contributed by atoms with Gasteiger partial charge in [-0.15, -0.1) is 12.4 Å². The zero-order chi connectivity index (χ0) is 24.5. The van der Waals surface area contributed by atoms with Gasteiger partial charge in [0.2, 0.25) is 0 Å². The van der Waals surface area contributed by atoms with Crippen LogP contribution in [0.1, 0.15) is 18.1 Å². The first kappa shape index (κ1) is 29.0. The molecule has 0 amide bonds. The molecule has 0 fully saturated rings. The van der Waals surface area contributed by atoms with Crippen molar-refractivity contribution in [1.82, 2.24) is 5.32 Å². The van der Waals surface area contributed by atoms with Crippen LogP contribution < -0.4 is 20.1 Å². The van der Waals surface area contributed by atoms with Crippen LogP contribution in [-0.4, -0.2) is 24.6 Å². The summed E-state index contributed by atoms with van der Waals surface area (Å²) in [5, 5.41) is 18.4. The van der Waals surface area contributed by atoms with Crippen molar-refractivity contribution in [1.29, 1.82) is 0 Å². The molecule has 0 aliphatic heterocycles. The quantitative estimate of drug-likeness (QED) is 0.128. The van der Waals surface area contributed by atoms with Crippen LogP contribution in [0.5, 0.6) is 11.5 Å². The Balaban J connectivity index is 0.00000432. The third-order valence-corrected chi connectivity index (χ3v) is 5.97. The van der Waals surface area contributed by atoms with Gasteiger partial charge in [0.1, 0.15) is 6.61 Å². The third kappa shape index (κ3) is 8.74. The monoisotopic (exact) mass is 603 g/mol. The van der Waals surface area contributed by atoms with Crippen LogP contribution in [0.15, 0.2) is 59.1 Å². The lowest BCUT2D eigenvalue weighted by Gasteiger charge is -2.16. The number of anilines is 1. The second-order valence-corrected chi connectivity index (χ2v) is 8.97. The molecule has 2 N–H and O–H groups in total. The second-order valence-electron chi connectivity index (χ2n) is 7.27. The molecule has 3 rings (SSSR count). The fourth-order valence-corrected chi connectivity index (χ4v) is 4.21.